The van der Waals surface area contributed by atoms with Crippen LogP contribution in [0.4, 0.5) is 14.5 Å². The fourth-order valence-electron chi connectivity index (χ4n) is 1.61. The van der Waals surface area contributed by atoms with Crippen LogP contribution < -0.4 is 10.2 Å². The molecule has 116 valence electrons. The lowest BCUT2D eigenvalue weighted by atomic mass is 10.2. The second-order valence-electron chi connectivity index (χ2n) is 4.03. The molecule has 0 unspecified atom stereocenters. The minimum Gasteiger partial charge on any atom is -0.434 e. The summed E-state index contributed by atoms with van der Waals surface area (Å²) in [6, 6.07) is 9.24. The first-order chi connectivity index (χ1) is 10.5. The van der Waals surface area contributed by atoms with Crippen molar-refractivity contribution in [1.82, 2.24) is 0 Å². The van der Waals surface area contributed by atoms with E-state index in [2.05, 4.69) is 15.3 Å². The van der Waals surface area contributed by atoms with Crippen molar-refractivity contribution in [3.8, 4) is 5.75 Å². The van der Waals surface area contributed by atoms with Gasteiger partial charge in [0.1, 0.15) is 5.75 Å². The maximum atomic E-state index is 12.3. The van der Waals surface area contributed by atoms with E-state index in [1.165, 1.54) is 24.4 Å². The van der Waals surface area contributed by atoms with Gasteiger partial charge < -0.3 is 4.74 Å². The fraction of sp³-hybridized carbons (Fsp3) is 0.0714. The Balaban J connectivity index is 2.17. The van der Waals surface area contributed by atoms with Crippen LogP contribution in [0.5, 0.6) is 5.75 Å². The Morgan fingerprint density at radius 3 is 2.36 bits per heavy atom. The standard InChI is InChI=1S/C14H9Cl3F2N2O/c15-9-5-10(16)13(11(17)6-9)21-20-7-8-3-1-2-4-12(8)22-14(18)19/h1-7,14,21H/b20-7-. The number of ether oxygens (including phenoxy) is 1. The van der Waals surface area contributed by atoms with Gasteiger partial charge in [-0.15, -0.1) is 0 Å². The lowest BCUT2D eigenvalue weighted by Gasteiger charge is -2.08. The number of alkyl halides is 2. The van der Waals surface area contributed by atoms with Crippen LogP contribution in [0.15, 0.2) is 41.5 Å². The monoisotopic (exact) mass is 364 g/mol. The number of rotatable bonds is 5. The van der Waals surface area contributed by atoms with Crippen LogP contribution in [0.2, 0.25) is 15.1 Å². The molecule has 0 amide bonds. The lowest BCUT2D eigenvalue weighted by Crippen LogP contribution is -2.04. The van der Waals surface area contributed by atoms with Crippen molar-refractivity contribution < 1.29 is 13.5 Å². The van der Waals surface area contributed by atoms with Crippen LogP contribution >= 0.6 is 34.8 Å². The molecule has 0 heterocycles. The molecule has 0 aliphatic carbocycles. The molecule has 2 aromatic carbocycles. The van der Waals surface area contributed by atoms with Gasteiger partial charge in [-0.1, -0.05) is 46.9 Å². The topological polar surface area (TPSA) is 33.6 Å². The van der Waals surface area contributed by atoms with Gasteiger partial charge in [-0.3, -0.25) is 5.43 Å². The van der Waals surface area contributed by atoms with E-state index in [9.17, 15) is 8.78 Å². The Morgan fingerprint density at radius 2 is 1.73 bits per heavy atom. The molecule has 0 bridgehead atoms. The molecule has 0 aromatic heterocycles. The van der Waals surface area contributed by atoms with Crippen molar-refractivity contribution in [2.45, 2.75) is 6.61 Å². The molecule has 3 nitrogen and oxygen atoms in total. The first-order valence-corrected chi connectivity index (χ1v) is 7.08. The molecule has 0 fully saturated rings. The van der Waals surface area contributed by atoms with Gasteiger partial charge in [-0.05, 0) is 24.3 Å². The van der Waals surface area contributed by atoms with Crippen LogP contribution in [0.1, 0.15) is 5.56 Å². The zero-order chi connectivity index (χ0) is 16.1. The largest absolute Gasteiger partial charge is 0.434 e. The number of anilines is 1. The van der Waals surface area contributed by atoms with Crippen molar-refractivity contribution >= 4 is 46.7 Å². The summed E-state index contributed by atoms with van der Waals surface area (Å²) in [5.74, 6) is 0.0105. The number of para-hydroxylation sites is 1. The van der Waals surface area contributed by atoms with Gasteiger partial charge in [0.05, 0.1) is 21.9 Å². The quantitative estimate of drug-likeness (QED) is 0.545. The minimum absolute atomic E-state index is 0.0105. The van der Waals surface area contributed by atoms with E-state index >= 15 is 0 Å². The Kier molecular flexibility index (Phi) is 5.83. The number of hydrazone groups is 1. The van der Waals surface area contributed by atoms with Gasteiger partial charge in [0, 0.05) is 10.6 Å². The molecule has 0 saturated carbocycles. The molecule has 8 heteroatoms. The number of halogens is 5. The van der Waals surface area contributed by atoms with Crippen molar-refractivity contribution in [3.05, 3.63) is 57.0 Å². The van der Waals surface area contributed by atoms with Crippen LogP contribution in [0.25, 0.3) is 0 Å². The van der Waals surface area contributed by atoms with Gasteiger partial charge in [0.25, 0.3) is 0 Å². The Hall–Kier alpha value is -1.56. The van der Waals surface area contributed by atoms with Crippen molar-refractivity contribution in [2.24, 2.45) is 5.10 Å². The molecule has 0 radical (unpaired) electrons. The molecule has 0 saturated heterocycles. The molecule has 0 spiro atoms. The predicted octanol–water partition coefficient (Wildman–Crippen LogP) is 5.69. The highest BCUT2D eigenvalue weighted by molar-refractivity contribution is 6.41. The zero-order valence-electron chi connectivity index (χ0n) is 10.9. The summed E-state index contributed by atoms with van der Waals surface area (Å²) in [6.07, 6.45) is 1.32. The van der Waals surface area contributed by atoms with Crippen molar-refractivity contribution in [3.63, 3.8) is 0 Å². The fourth-order valence-corrected chi connectivity index (χ4v) is 2.51. The van der Waals surface area contributed by atoms with Crippen LogP contribution in [-0.4, -0.2) is 12.8 Å². The molecule has 1 N–H and O–H groups in total. The van der Waals surface area contributed by atoms with Gasteiger partial charge in [0.2, 0.25) is 0 Å². The highest BCUT2D eigenvalue weighted by atomic mass is 35.5. The molecular formula is C14H9Cl3F2N2O. The Bertz CT molecular complexity index is 673. The van der Waals surface area contributed by atoms with E-state index in [0.29, 0.717) is 16.3 Å². The molecule has 0 aliphatic heterocycles. The van der Waals surface area contributed by atoms with Crippen LogP contribution in [-0.2, 0) is 0 Å². The SMILES string of the molecule is FC(F)Oc1ccccc1/C=N\Nc1c(Cl)cc(Cl)cc1Cl. The van der Waals surface area contributed by atoms with E-state index in [0.717, 1.165) is 0 Å². The van der Waals surface area contributed by atoms with Crippen molar-refractivity contribution in [2.75, 3.05) is 5.43 Å². The second kappa shape index (κ2) is 7.63. The summed E-state index contributed by atoms with van der Waals surface area (Å²) in [5.41, 5.74) is 3.37. The van der Waals surface area contributed by atoms with E-state index in [4.69, 9.17) is 34.8 Å². The second-order valence-corrected chi connectivity index (χ2v) is 5.28. The number of hydrogen-bond acceptors (Lipinski definition) is 3. The average molecular weight is 366 g/mol. The number of hydrogen-bond donors (Lipinski definition) is 1. The van der Waals surface area contributed by atoms with E-state index in [1.54, 1.807) is 18.2 Å². The Labute approximate surface area is 140 Å². The third kappa shape index (κ3) is 4.47. The summed E-state index contributed by atoms with van der Waals surface area (Å²) in [5, 5.41) is 4.88. The summed E-state index contributed by atoms with van der Waals surface area (Å²) in [4.78, 5) is 0. The van der Waals surface area contributed by atoms with E-state index in [1.807, 2.05) is 0 Å². The van der Waals surface area contributed by atoms with Crippen LogP contribution in [0, 0.1) is 0 Å². The molecule has 0 atom stereocenters. The molecule has 0 aliphatic rings. The molecular weight excluding hydrogens is 357 g/mol. The normalized spacial score (nSPS) is 11.2. The third-order valence-corrected chi connectivity index (χ3v) is 3.34. The molecule has 2 rings (SSSR count). The van der Waals surface area contributed by atoms with Crippen molar-refractivity contribution in [1.29, 1.82) is 0 Å². The van der Waals surface area contributed by atoms with Gasteiger partial charge in [-0.2, -0.15) is 13.9 Å². The summed E-state index contributed by atoms with van der Waals surface area (Å²) in [7, 11) is 0. The summed E-state index contributed by atoms with van der Waals surface area (Å²) in [6.45, 7) is -2.91. The average Bonchev–Trinajstić information content (AvgIpc) is 2.42. The minimum atomic E-state index is -2.91. The predicted molar refractivity (Wildman–Crippen MR) is 85.8 cm³/mol. The van der Waals surface area contributed by atoms with Gasteiger partial charge >= 0.3 is 6.61 Å². The highest BCUT2D eigenvalue weighted by Gasteiger charge is 2.08. The van der Waals surface area contributed by atoms with E-state index < -0.39 is 6.61 Å². The third-order valence-electron chi connectivity index (χ3n) is 2.52. The number of nitrogens with zero attached hydrogens (tertiary/aromatic N) is 1. The number of nitrogens with one attached hydrogen (secondary N) is 1. The summed E-state index contributed by atoms with van der Waals surface area (Å²) >= 11 is 17.8. The van der Waals surface area contributed by atoms with Crippen LogP contribution in [0.3, 0.4) is 0 Å². The Morgan fingerprint density at radius 1 is 1.09 bits per heavy atom. The van der Waals surface area contributed by atoms with E-state index in [-0.39, 0.29) is 15.8 Å². The first-order valence-electron chi connectivity index (χ1n) is 5.95. The molecule has 22 heavy (non-hydrogen) atoms. The van der Waals surface area contributed by atoms with Gasteiger partial charge in [-0.25, -0.2) is 0 Å². The first kappa shape index (κ1) is 16.8. The smallest absolute Gasteiger partial charge is 0.387 e. The maximum Gasteiger partial charge on any atom is 0.387 e. The maximum absolute atomic E-state index is 12.3. The molecule has 2 aromatic rings. The van der Waals surface area contributed by atoms with Gasteiger partial charge in [0.15, 0.2) is 0 Å². The zero-order valence-corrected chi connectivity index (χ0v) is 13.1. The highest BCUT2D eigenvalue weighted by Crippen LogP contribution is 2.33. The summed E-state index contributed by atoms with van der Waals surface area (Å²) < 4.78 is 29.0. The lowest BCUT2D eigenvalue weighted by molar-refractivity contribution is -0.0499. The number of benzene rings is 2.